The fraction of sp³-hybridized carbons (Fsp3) is 0.408. The zero-order valence-corrected chi connectivity index (χ0v) is 37.3. The summed E-state index contributed by atoms with van der Waals surface area (Å²) in [6.07, 6.45) is 7.30. The summed E-state index contributed by atoms with van der Waals surface area (Å²) in [4.78, 5) is 86.0. The van der Waals surface area contributed by atoms with Crippen molar-refractivity contribution >= 4 is 41.8 Å². The molecule has 0 aromatic heterocycles. The summed E-state index contributed by atoms with van der Waals surface area (Å²) in [6.45, 7) is 9.83. The van der Waals surface area contributed by atoms with Gasteiger partial charge in [-0.3, -0.25) is 4.79 Å². The minimum absolute atomic E-state index is 0.0222. The van der Waals surface area contributed by atoms with Crippen LogP contribution in [0, 0.1) is 5.41 Å². The largest absolute Gasteiger partial charge is 0.492 e. The van der Waals surface area contributed by atoms with Crippen LogP contribution in [0.2, 0.25) is 0 Å². The highest BCUT2D eigenvalue weighted by Crippen LogP contribution is 2.31. The van der Waals surface area contributed by atoms with Crippen LogP contribution in [0.3, 0.4) is 0 Å². The first-order chi connectivity index (χ1) is 30.6. The van der Waals surface area contributed by atoms with Gasteiger partial charge >= 0.3 is 41.8 Å². The van der Waals surface area contributed by atoms with E-state index in [-0.39, 0.29) is 35.9 Å². The lowest BCUT2D eigenvalue weighted by Crippen LogP contribution is -2.45. The summed E-state index contributed by atoms with van der Waals surface area (Å²) >= 11 is 0. The molecule has 0 saturated heterocycles. The molecule has 0 fully saturated rings. The van der Waals surface area contributed by atoms with Gasteiger partial charge in [0.2, 0.25) is 0 Å². The van der Waals surface area contributed by atoms with Gasteiger partial charge in [0.15, 0.2) is 0 Å². The van der Waals surface area contributed by atoms with Crippen molar-refractivity contribution in [2.45, 2.75) is 78.6 Å². The van der Waals surface area contributed by atoms with Crippen LogP contribution in [0.1, 0.15) is 76.0 Å². The summed E-state index contributed by atoms with van der Waals surface area (Å²) in [5.74, 6) is -6.56. The van der Waals surface area contributed by atoms with Gasteiger partial charge in [-0.05, 0) is 98.0 Å². The fourth-order valence-corrected chi connectivity index (χ4v) is 5.96. The number of carbonyl (C=O) groups excluding carboxylic acids is 7. The molecule has 64 heavy (non-hydrogen) atoms. The topological polar surface area (TPSA) is 193 Å². The second-order valence-corrected chi connectivity index (χ2v) is 15.2. The average molecular weight is 887 g/mol. The van der Waals surface area contributed by atoms with Crippen LogP contribution >= 0.6 is 0 Å². The molecule has 15 heteroatoms. The highest BCUT2D eigenvalue weighted by molar-refractivity contribution is 6.30. The molecule has 344 valence electrons. The average Bonchev–Trinajstić information content (AvgIpc) is 3.30. The van der Waals surface area contributed by atoms with Crippen molar-refractivity contribution in [1.29, 1.82) is 0 Å². The molecule has 0 N–H and O–H groups in total. The first kappa shape index (κ1) is 51.6. The first-order valence-corrected chi connectivity index (χ1v) is 20.9. The number of ether oxygens (including phenoxy) is 8. The molecule has 0 unspecified atom stereocenters. The Labute approximate surface area is 374 Å². The number of hydrogen-bond donors (Lipinski definition) is 0. The Balaban J connectivity index is 1.85. The zero-order valence-electron chi connectivity index (χ0n) is 37.3. The number of rotatable bonds is 25. The van der Waals surface area contributed by atoms with Gasteiger partial charge in [-0.1, -0.05) is 81.8 Å². The lowest BCUT2D eigenvalue weighted by molar-refractivity contribution is -0.177. The van der Waals surface area contributed by atoms with Gasteiger partial charge in [0.05, 0.1) is 20.8 Å². The molecule has 0 aliphatic heterocycles. The molecule has 0 saturated carbocycles. The Hall–Kier alpha value is -6.77. The van der Waals surface area contributed by atoms with E-state index in [9.17, 15) is 33.6 Å². The number of unbranched alkanes of at least 4 members (excludes halogenated alkanes) is 3. The Kier molecular flexibility index (Phi) is 21.5. The standard InChI is InChI=1S/C49H58O15/c1-8-9-10-11-13-35-15-17-36(18-16-35)19-26-42(50)64-40-23-20-37(21-24-40)38-22-25-41(39(28-38)14-12-27-59-43(51)33(2)3)60-29-49(30-61-44(52)34(4)5,31-62-47(55)45(53)57-6)32-63-48(56)46(54)58-7/h15-18,20-25,28H,2,4,8-14,19,26-27,29-32H2,1,3,5-7H3. The summed E-state index contributed by atoms with van der Waals surface area (Å²) in [5, 5.41) is 0. The van der Waals surface area contributed by atoms with E-state index in [4.69, 9.17) is 28.4 Å². The summed E-state index contributed by atoms with van der Waals surface area (Å²) in [5.41, 5.74) is 3.03. The lowest BCUT2D eigenvalue weighted by Gasteiger charge is -2.32. The number of esters is 7. The minimum atomic E-state index is -1.71. The van der Waals surface area contributed by atoms with Crippen LogP contribution in [0.25, 0.3) is 11.1 Å². The number of benzene rings is 3. The maximum absolute atomic E-state index is 12.8. The van der Waals surface area contributed by atoms with E-state index >= 15 is 0 Å². The SMILES string of the molecule is C=C(C)C(=O)OCCCc1cc(-c2ccc(OC(=O)CCc3ccc(CCCCCC)cc3)cc2)ccc1OCC(COC(=O)C(=C)C)(COC(=O)C(=O)OC)COC(=O)C(=O)OC. The van der Waals surface area contributed by atoms with E-state index in [2.05, 4.69) is 53.8 Å². The van der Waals surface area contributed by atoms with E-state index in [1.54, 1.807) is 36.4 Å². The van der Waals surface area contributed by atoms with Crippen LogP contribution in [0.15, 0.2) is 91.0 Å². The van der Waals surface area contributed by atoms with E-state index in [0.717, 1.165) is 43.8 Å². The fourth-order valence-electron chi connectivity index (χ4n) is 5.96. The quantitative estimate of drug-likeness (QED) is 0.0211. The molecule has 0 radical (unpaired) electrons. The van der Waals surface area contributed by atoms with Crippen molar-refractivity contribution in [1.82, 2.24) is 0 Å². The third kappa shape index (κ3) is 17.5. The normalized spacial score (nSPS) is 10.8. The molecule has 0 bridgehead atoms. The van der Waals surface area contributed by atoms with Crippen LogP contribution in [-0.4, -0.2) is 89.0 Å². The van der Waals surface area contributed by atoms with Crippen LogP contribution in [0.4, 0.5) is 0 Å². The van der Waals surface area contributed by atoms with Crippen molar-refractivity contribution in [2.75, 3.05) is 47.3 Å². The number of hydrogen-bond acceptors (Lipinski definition) is 15. The van der Waals surface area contributed by atoms with Gasteiger partial charge < -0.3 is 37.9 Å². The van der Waals surface area contributed by atoms with E-state index < -0.39 is 67.7 Å². The molecule has 0 heterocycles. The van der Waals surface area contributed by atoms with E-state index in [1.165, 1.54) is 38.7 Å². The number of carbonyl (C=O) groups is 7. The zero-order chi connectivity index (χ0) is 47.1. The van der Waals surface area contributed by atoms with Gasteiger partial charge in [0.1, 0.15) is 43.3 Å². The predicted molar refractivity (Wildman–Crippen MR) is 234 cm³/mol. The van der Waals surface area contributed by atoms with Gasteiger partial charge in [0.25, 0.3) is 0 Å². The Morgan fingerprint density at radius 2 is 1.08 bits per heavy atom. The molecule has 0 spiro atoms. The first-order valence-electron chi connectivity index (χ1n) is 20.9. The summed E-state index contributed by atoms with van der Waals surface area (Å²) in [6, 6.07) is 20.6. The second kappa shape index (κ2) is 26.6. The molecule has 0 amide bonds. The van der Waals surface area contributed by atoms with Crippen LogP contribution in [-0.2, 0) is 81.2 Å². The Bertz CT molecular complexity index is 2070. The molecule has 15 nitrogen and oxygen atoms in total. The Morgan fingerprint density at radius 1 is 0.547 bits per heavy atom. The summed E-state index contributed by atoms with van der Waals surface area (Å²) < 4.78 is 41.8. The van der Waals surface area contributed by atoms with Crippen LogP contribution < -0.4 is 9.47 Å². The summed E-state index contributed by atoms with van der Waals surface area (Å²) in [7, 11) is 1.94. The monoisotopic (exact) mass is 886 g/mol. The number of methoxy groups -OCH3 is 2. The van der Waals surface area contributed by atoms with Crippen molar-refractivity contribution in [2.24, 2.45) is 5.41 Å². The maximum Gasteiger partial charge on any atom is 0.417 e. The molecule has 3 aromatic carbocycles. The van der Waals surface area contributed by atoms with Crippen molar-refractivity contribution < 1.29 is 71.5 Å². The van der Waals surface area contributed by atoms with E-state index in [1.807, 2.05) is 6.07 Å². The Morgan fingerprint density at radius 3 is 1.62 bits per heavy atom. The second-order valence-electron chi connectivity index (χ2n) is 15.2. The third-order valence-electron chi connectivity index (χ3n) is 9.73. The highest BCUT2D eigenvalue weighted by Gasteiger charge is 2.39. The molecular formula is C49H58O15. The van der Waals surface area contributed by atoms with Gasteiger partial charge in [-0.25, -0.2) is 28.8 Å². The van der Waals surface area contributed by atoms with Gasteiger partial charge in [-0.2, -0.15) is 0 Å². The molecule has 0 aliphatic rings. The third-order valence-corrected chi connectivity index (χ3v) is 9.73. The highest BCUT2D eigenvalue weighted by atomic mass is 16.6. The van der Waals surface area contributed by atoms with E-state index in [0.29, 0.717) is 30.6 Å². The maximum atomic E-state index is 12.8. The van der Waals surface area contributed by atoms with Crippen molar-refractivity contribution in [3.8, 4) is 22.6 Å². The van der Waals surface area contributed by atoms with Crippen molar-refractivity contribution in [3.05, 3.63) is 108 Å². The molecular weight excluding hydrogens is 829 g/mol. The molecule has 3 aromatic rings. The molecule has 3 rings (SSSR count). The van der Waals surface area contributed by atoms with Gasteiger partial charge in [-0.15, -0.1) is 0 Å². The molecule has 0 aliphatic carbocycles. The van der Waals surface area contributed by atoms with Gasteiger partial charge in [0, 0.05) is 17.6 Å². The van der Waals surface area contributed by atoms with Crippen molar-refractivity contribution in [3.63, 3.8) is 0 Å². The predicted octanol–water partition coefficient (Wildman–Crippen LogP) is 6.98. The lowest BCUT2D eigenvalue weighted by atomic mass is 9.91. The minimum Gasteiger partial charge on any atom is -0.492 e. The smallest absolute Gasteiger partial charge is 0.417 e. The molecule has 0 atom stereocenters. The van der Waals surface area contributed by atoms with Crippen LogP contribution in [0.5, 0.6) is 11.5 Å². The number of aryl methyl sites for hydroxylation is 3.